The molecule has 0 radical (unpaired) electrons. The Morgan fingerprint density at radius 2 is 1.55 bits per heavy atom. The average Bonchev–Trinajstić information content (AvgIpc) is 3.35. The quantitative estimate of drug-likeness (QED) is 0.240. The average molecular weight is 543 g/mol. The van der Waals surface area contributed by atoms with Gasteiger partial charge in [0.15, 0.2) is 6.04 Å². The van der Waals surface area contributed by atoms with Crippen LogP contribution in [0.1, 0.15) is 53.8 Å². The molecular formula is C32H29F3N4O. The lowest BCUT2D eigenvalue weighted by molar-refractivity contribution is -0.173. The third-order valence-electron chi connectivity index (χ3n) is 7.57. The molecule has 5 aromatic rings. The zero-order chi connectivity index (χ0) is 28.1. The van der Waals surface area contributed by atoms with Gasteiger partial charge in [-0.05, 0) is 59.0 Å². The number of nitrogens with one attached hydrogen (secondary N) is 2. The lowest BCUT2D eigenvalue weighted by Gasteiger charge is -2.34. The fourth-order valence-electron chi connectivity index (χ4n) is 5.65. The molecule has 5 nitrogen and oxygen atoms in total. The summed E-state index contributed by atoms with van der Waals surface area (Å²) in [6, 6.07) is 25.1. The standard InChI is InChI=1S/C32H29F3N4O/c1-31(2,18-20-11-12-21-7-3-5-9-23(21)15-20)38-30(40)26-19-36-39-28(32(33,34)35)17-27(37-29(26)39)25-14-13-22-8-4-6-10-24(22)16-25/h3-16,19,27-28,37H,17-18H2,1-2H3,(H,38,40). The molecule has 8 heteroatoms. The molecular weight excluding hydrogens is 513 g/mol. The number of carbonyl (C=O) groups excluding carboxylic acids is 1. The zero-order valence-electron chi connectivity index (χ0n) is 22.2. The molecule has 0 fully saturated rings. The van der Waals surface area contributed by atoms with Gasteiger partial charge in [-0.1, -0.05) is 78.9 Å². The summed E-state index contributed by atoms with van der Waals surface area (Å²) >= 11 is 0. The van der Waals surface area contributed by atoms with E-state index in [0.717, 1.165) is 37.4 Å². The van der Waals surface area contributed by atoms with Crippen LogP contribution in [0.15, 0.2) is 91.1 Å². The Morgan fingerprint density at radius 3 is 2.23 bits per heavy atom. The van der Waals surface area contributed by atoms with Crippen LogP contribution < -0.4 is 10.6 Å². The van der Waals surface area contributed by atoms with Gasteiger partial charge in [0.2, 0.25) is 0 Å². The summed E-state index contributed by atoms with van der Waals surface area (Å²) in [7, 11) is 0. The van der Waals surface area contributed by atoms with E-state index in [9.17, 15) is 18.0 Å². The van der Waals surface area contributed by atoms with Crippen LogP contribution >= 0.6 is 0 Å². The lowest BCUT2D eigenvalue weighted by atomic mass is 9.93. The molecule has 1 aliphatic rings. The van der Waals surface area contributed by atoms with E-state index in [4.69, 9.17) is 0 Å². The molecule has 0 spiro atoms. The number of anilines is 1. The topological polar surface area (TPSA) is 59.0 Å². The molecule has 2 unspecified atom stereocenters. The highest BCUT2D eigenvalue weighted by Gasteiger charge is 2.47. The van der Waals surface area contributed by atoms with Crippen LogP contribution in [0.4, 0.5) is 19.0 Å². The largest absolute Gasteiger partial charge is 0.410 e. The molecule has 1 amide bonds. The number of hydrogen-bond donors (Lipinski definition) is 2. The van der Waals surface area contributed by atoms with Gasteiger partial charge in [0.05, 0.1) is 12.2 Å². The van der Waals surface area contributed by atoms with Crippen molar-refractivity contribution in [3.63, 3.8) is 0 Å². The van der Waals surface area contributed by atoms with Gasteiger partial charge in [0.25, 0.3) is 5.91 Å². The van der Waals surface area contributed by atoms with Crippen molar-refractivity contribution >= 4 is 33.3 Å². The number of aromatic nitrogens is 2. The van der Waals surface area contributed by atoms with E-state index in [1.54, 1.807) is 0 Å². The molecule has 6 rings (SSSR count). The SMILES string of the molecule is CC(C)(Cc1ccc2ccccc2c1)NC(=O)c1cnn2c1NC(c1ccc3ccccc3c1)CC2C(F)(F)F. The molecule has 40 heavy (non-hydrogen) atoms. The second-order valence-electron chi connectivity index (χ2n) is 11.1. The first-order chi connectivity index (χ1) is 19.1. The van der Waals surface area contributed by atoms with Crippen molar-refractivity contribution in [1.82, 2.24) is 15.1 Å². The second kappa shape index (κ2) is 9.70. The van der Waals surface area contributed by atoms with Gasteiger partial charge in [-0.15, -0.1) is 0 Å². The molecule has 0 bridgehead atoms. The van der Waals surface area contributed by atoms with Crippen LogP contribution in [-0.4, -0.2) is 27.4 Å². The van der Waals surface area contributed by atoms with Crippen molar-refractivity contribution in [2.75, 3.05) is 5.32 Å². The maximum absolute atomic E-state index is 14.2. The van der Waals surface area contributed by atoms with E-state index >= 15 is 0 Å². The summed E-state index contributed by atoms with van der Waals surface area (Å²) in [5.41, 5.74) is 1.20. The summed E-state index contributed by atoms with van der Waals surface area (Å²) < 4.78 is 43.5. The van der Waals surface area contributed by atoms with Crippen LogP contribution in [0, 0.1) is 0 Å². The van der Waals surface area contributed by atoms with E-state index in [1.807, 2.05) is 92.7 Å². The van der Waals surface area contributed by atoms with Crippen molar-refractivity contribution in [2.45, 2.75) is 50.5 Å². The second-order valence-corrected chi connectivity index (χ2v) is 11.1. The molecule has 0 aliphatic carbocycles. The summed E-state index contributed by atoms with van der Waals surface area (Å²) in [6.45, 7) is 3.81. The number of benzene rings is 4. The molecule has 1 aliphatic heterocycles. The van der Waals surface area contributed by atoms with E-state index < -0.39 is 29.7 Å². The van der Waals surface area contributed by atoms with E-state index in [2.05, 4.69) is 21.8 Å². The number of hydrogen-bond acceptors (Lipinski definition) is 3. The van der Waals surface area contributed by atoms with Gasteiger partial charge in [-0.3, -0.25) is 4.79 Å². The number of carbonyl (C=O) groups is 1. The molecule has 2 N–H and O–H groups in total. The monoisotopic (exact) mass is 542 g/mol. The summed E-state index contributed by atoms with van der Waals surface area (Å²) in [5, 5.41) is 14.4. The van der Waals surface area contributed by atoms with Crippen molar-refractivity contribution in [2.24, 2.45) is 0 Å². The minimum atomic E-state index is -4.53. The minimum Gasteiger partial charge on any atom is -0.363 e. The smallest absolute Gasteiger partial charge is 0.363 e. The zero-order valence-corrected chi connectivity index (χ0v) is 22.2. The molecule has 0 saturated heterocycles. The molecule has 2 heterocycles. The first-order valence-electron chi connectivity index (χ1n) is 13.3. The highest BCUT2D eigenvalue weighted by molar-refractivity contribution is 5.99. The number of fused-ring (bicyclic) bond motifs is 3. The minimum absolute atomic E-state index is 0.0748. The van der Waals surface area contributed by atoms with Gasteiger partial charge in [0, 0.05) is 12.0 Å². The van der Waals surface area contributed by atoms with E-state index in [-0.39, 0.29) is 17.8 Å². The maximum atomic E-state index is 14.2. The van der Waals surface area contributed by atoms with Gasteiger partial charge < -0.3 is 10.6 Å². The number of nitrogens with zero attached hydrogens (tertiary/aromatic N) is 2. The fraction of sp³-hybridized carbons (Fsp3) is 0.250. The highest BCUT2D eigenvalue weighted by Crippen LogP contribution is 2.44. The summed E-state index contributed by atoms with van der Waals surface area (Å²) in [4.78, 5) is 13.5. The summed E-state index contributed by atoms with van der Waals surface area (Å²) in [5.74, 6) is -0.398. The highest BCUT2D eigenvalue weighted by atomic mass is 19.4. The molecule has 204 valence electrons. The number of halogens is 3. The lowest BCUT2D eigenvalue weighted by Crippen LogP contribution is -2.45. The Kier molecular flexibility index (Phi) is 6.28. The van der Waals surface area contributed by atoms with Crippen molar-refractivity contribution in [3.8, 4) is 0 Å². The predicted octanol–water partition coefficient (Wildman–Crippen LogP) is 7.60. The maximum Gasteiger partial charge on any atom is 0.410 e. The van der Waals surface area contributed by atoms with E-state index in [1.165, 1.54) is 6.20 Å². The van der Waals surface area contributed by atoms with Crippen molar-refractivity contribution in [3.05, 3.63) is 108 Å². The normalized spacial score (nSPS) is 17.4. The number of rotatable bonds is 5. The van der Waals surface area contributed by atoms with Crippen LogP contribution in [-0.2, 0) is 6.42 Å². The van der Waals surface area contributed by atoms with Crippen LogP contribution in [0.5, 0.6) is 0 Å². The Labute approximate surface area is 230 Å². The third-order valence-corrected chi connectivity index (χ3v) is 7.57. The van der Waals surface area contributed by atoms with E-state index in [0.29, 0.717) is 6.42 Å². The third kappa shape index (κ3) is 5.01. The fourth-order valence-corrected chi connectivity index (χ4v) is 5.65. The van der Waals surface area contributed by atoms with Crippen LogP contribution in [0.2, 0.25) is 0 Å². The number of amides is 1. The van der Waals surface area contributed by atoms with Crippen molar-refractivity contribution in [1.29, 1.82) is 0 Å². The predicted molar refractivity (Wildman–Crippen MR) is 151 cm³/mol. The van der Waals surface area contributed by atoms with Crippen molar-refractivity contribution < 1.29 is 18.0 Å². The first kappa shape index (κ1) is 25.9. The van der Waals surface area contributed by atoms with Crippen LogP contribution in [0.25, 0.3) is 21.5 Å². The van der Waals surface area contributed by atoms with Gasteiger partial charge in [0.1, 0.15) is 11.4 Å². The summed E-state index contributed by atoms with van der Waals surface area (Å²) in [6.07, 6.45) is -2.98. The molecule has 0 saturated carbocycles. The number of alkyl halides is 3. The Balaban J connectivity index is 1.28. The molecule has 2 atom stereocenters. The Morgan fingerprint density at radius 1 is 0.925 bits per heavy atom. The first-order valence-corrected chi connectivity index (χ1v) is 13.3. The van der Waals surface area contributed by atoms with Gasteiger partial charge in [-0.2, -0.15) is 18.3 Å². The molecule has 4 aromatic carbocycles. The van der Waals surface area contributed by atoms with Gasteiger partial charge >= 0.3 is 6.18 Å². The Hall–Kier alpha value is -4.33. The van der Waals surface area contributed by atoms with Crippen LogP contribution in [0.3, 0.4) is 0 Å². The Bertz CT molecular complexity index is 1720. The van der Waals surface area contributed by atoms with Gasteiger partial charge in [-0.25, -0.2) is 4.68 Å². The molecule has 1 aromatic heterocycles.